The van der Waals surface area contributed by atoms with Crippen molar-refractivity contribution in [3.63, 3.8) is 0 Å². The molecule has 0 saturated heterocycles. The molecule has 1 aromatic heterocycles. The molecule has 12 heavy (non-hydrogen) atoms. The Hall–Kier alpha value is 0.130. The van der Waals surface area contributed by atoms with Crippen molar-refractivity contribution < 1.29 is 5.11 Å². The van der Waals surface area contributed by atoms with Gasteiger partial charge in [0.05, 0.1) is 6.10 Å². The lowest BCUT2D eigenvalue weighted by molar-refractivity contribution is 0.201. The minimum Gasteiger partial charge on any atom is -0.392 e. The number of aromatic nitrogens is 2. The highest BCUT2D eigenvalue weighted by Gasteiger charge is 2.09. The first-order valence-corrected chi connectivity index (χ1v) is 5.47. The van der Waals surface area contributed by atoms with E-state index in [1.54, 1.807) is 4.68 Å². The van der Waals surface area contributed by atoms with Gasteiger partial charge in [-0.15, -0.1) is 0 Å². The predicted octanol–water partition coefficient (Wildman–Crippen LogP) is 1.48. The molecule has 0 fully saturated rings. The van der Waals surface area contributed by atoms with Crippen LogP contribution >= 0.6 is 31.9 Å². The van der Waals surface area contributed by atoms with Gasteiger partial charge in [-0.1, -0.05) is 15.9 Å². The third-order valence-corrected chi connectivity index (χ3v) is 2.90. The molecule has 1 unspecified atom stereocenters. The van der Waals surface area contributed by atoms with Crippen molar-refractivity contribution in [3.05, 3.63) is 16.4 Å². The molecule has 0 bridgehead atoms. The van der Waals surface area contributed by atoms with E-state index in [1.807, 2.05) is 13.2 Å². The minimum atomic E-state index is -0.342. The normalized spacial score (nSPS) is 13.3. The molecule has 1 heterocycles. The Morgan fingerprint density at radius 3 is 2.83 bits per heavy atom. The molecule has 0 amide bonds. The highest BCUT2D eigenvalue weighted by Crippen LogP contribution is 2.15. The van der Waals surface area contributed by atoms with Gasteiger partial charge in [-0.2, -0.15) is 5.10 Å². The Kier molecular flexibility index (Phi) is 3.74. The van der Waals surface area contributed by atoms with Crippen LogP contribution in [0.15, 0.2) is 10.8 Å². The fourth-order valence-electron chi connectivity index (χ4n) is 0.956. The summed E-state index contributed by atoms with van der Waals surface area (Å²) in [6.45, 7) is 0. The molecule has 0 aliphatic rings. The molecule has 5 heteroatoms. The molecule has 0 spiro atoms. The van der Waals surface area contributed by atoms with E-state index < -0.39 is 0 Å². The third kappa shape index (κ3) is 2.57. The van der Waals surface area contributed by atoms with Gasteiger partial charge in [-0.05, 0) is 15.9 Å². The summed E-state index contributed by atoms with van der Waals surface area (Å²) in [6, 6.07) is 0. The second kappa shape index (κ2) is 4.39. The maximum Gasteiger partial charge on any atom is 0.131 e. The van der Waals surface area contributed by atoms with Crippen LogP contribution in [0.4, 0.5) is 0 Å². The van der Waals surface area contributed by atoms with Crippen LogP contribution in [0.3, 0.4) is 0 Å². The summed E-state index contributed by atoms with van der Waals surface area (Å²) in [6.07, 6.45) is 2.18. The second-order valence-electron chi connectivity index (χ2n) is 2.63. The average Bonchev–Trinajstić information content (AvgIpc) is 2.30. The largest absolute Gasteiger partial charge is 0.392 e. The SMILES string of the molecule is Cn1cc(CC(O)CBr)c(Br)n1. The first kappa shape index (κ1) is 10.2. The van der Waals surface area contributed by atoms with Gasteiger partial charge in [-0.3, -0.25) is 4.68 Å². The highest BCUT2D eigenvalue weighted by atomic mass is 79.9. The van der Waals surface area contributed by atoms with Crippen molar-refractivity contribution in [2.75, 3.05) is 5.33 Å². The smallest absolute Gasteiger partial charge is 0.131 e. The Bertz CT molecular complexity index is 262. The predicted molar refractivity (Wildman–Crippen MR) is 54.4 cm³/mol. The lowest BCUT2D eigenvalue weighted by Crippen LogP contribution is -2.11. The van der Waals surface area contributed by atoms with Crippen molar-refractivity contribution in [2.24, 2.45) is 7.05 Å². The van der Waals surface area contributed by atoms with Gasteiger partial charge in [0.1, 0.15) is 4.60 Å². The molecule has 1 atom stereocenters. The summed E-state index contributed by atoms with van der Waals surface area (Å²) in [5, 5.41) is 14.0. The van der Waals surface area contributed by atoms with E-state index in [0.29, 0.717) is 11.8 Å². The first-order chi connectivity index (χ1) is 5.63. The summed E-state index contributed by atoms with van der Waals surface area (Å²) >= 11 is 6.53. The number of alkyl halides is 1. The summed E-state index contributed by atoms with van der Waals surface area (Å²) in [4.78, 5) is 0. The van der Waals surface area contributed by atoms with E-state index in [0.717, 1.165) is 10.2 Å². The number of nitrogens with zero attached hydrogens (tertiary/aromatic N) is 2. The Morgan fingerprint density at radius 1 is 1.75 bits per heavy atom. The molecule has 0 aromatic carbocycles. The average molecular weight is 298 g/mol. The van der Waals surface area contributed by atoms with Gasteiger partial charge in [0.15, 0.2) is 0 Å². The van der Waals surface area contributed by atoms with Gasteiger partial charge < -0.3 is 5.11 Å². The molecule has 1 aromatic rings. The van der Waals surface area contributed by atoms with E-state index in [9.17, 15) is 5.11 Å². The maximum absolute atomic E-state index is 9.34. The number of aliphatic hydroxyl groups excluding tert-OH is 1. The number of rotatable bonds is 3. The van der Waals surface area contributed by atoms with E-state index in [1.165, 1.54) is 0 Å². The van der Waals surface area contributed by atoms with Crippen LogP contribution < -0.4 is 0 Å². The van der Waals surface area contributed by atoms with Gasteiger partial charge in [0, 0.05) is 30.6 Å². The van der Waals surface area contributed by atoms with Gasteiger partial charge in [0.2, 0.25) is 0 Å². The number of aryl methyl sites for hydroxylation is 1. The molecule has 0 aliphatic heterocycles. The molecule has 3 nitrogen and oxygen atoms in total. The zero-order valence-corrected chi connectivity index (χ0v) is 9.84. The maximum atomic E-state index is 9.34. The van der Waals surface area contributed by atoms with Gasteiger partial charge >= 0.3 is 0 Å². The van der Waals surface area contributed by atoms with Crippen LogP contribution in [-0.4, -0.2) is 26.3 Å². The molecule has 0 radical (unpaired) electrons. The fourth-order valence-corrected chi connectivity index (χ4v) is 1.70. The molecule has 1 N–H and O–H groups in total. The van der Waals surface area contributed by atoms with Crippen LogP contribution in [-0.2, 0) is 13.5 Å². The fraction of sp³-hybridized carbons (Fsp3) is 0.571. The topological polar surface area (TPSA) is 38.0 Å². The lowest BCUT2D eigenvalue weighted by Gasteiger charge is -2.03. The molecule has 1 rings (SSSR count). The van der Waals surface area contributed by atoms with Crippen LogP contribution in [0.2, 0.25) is 0 Å². The van der Waals surface area contributed by atoms with Crippen molar-refractivity contribution in [1.29, 1.82) is 0 Å². The van der Waals surface area contributed by atoms with Crippen LogP contribution in [0.5, 0.6) is 0 Å². The van der Waals surface area contributed by atoms with Gasteiger partial charge in [-0.25, -0.2) is 0 Å². The summed E-state index contributed by atoms with van der Waals surface area (Å²) in [5.41, 5.74) is 1.03. The summed E-state index contributed by atoms with van der Waals surface area (Å²) < 4.78 is 2.53. The van der Waals surface area contributed by atoms with E-state index in [2.05, 4.69) is 37.0 Å². The minimum absolute atomic E-state index is 0.342. The zero-order chi connectivity index (χ0) is 9.14. The first-order valence-electron chi connectivity index (χ1n) is 3.55. The monoisotopic (exact) mass is 296 g/mol. The molecule has 68 valence electrons. The second-order valence-corrected chi connectivity index (χ2v) is 4.03. The Labute approximate surface area is 88.0 Å². The lowest BCUT2D eigenvalue weighted by atomic mass is 10.2. The van der Waals surface area contributed by atoms with Crippen molar-refractivity contribution >= 4 is 31.9 Å². The molecular formula is C7H10Br2N2O. The zero-order valence-electron chi connectivity index (χ0n) is 6.67. The standard InChI is InChI=1S/C7H10Br2N2O/c1-11-4-5(7(9)10-11)2-6(12)3-8/h4,6,12H,2-3H2,1H3. The number of hydrogen-bond donors (Lipinski definition) is 1. The number of aliphatic hydroxyl groups is 1. The summed E-state index contributed by atoms with van der Waals surface area (Å²) in [5.74, 6) is 0. The molecule has 0 saturated carbocycles. The van der Waals surface area contributed by atoms with E-state index in [4.69, 9.17) is 0 Å². The number of halogens is 2. The highest BCUT2D eigenvalue weighted by molar-refractivity contribution is 9.10. The Balaban J connectivity index is 2.68. The van der Waals surface area contributed by atoms with Crippen LogP contribution in [0.1, 0.15) is 5.56 Å². The molecular weight excluding hydrogens is 288 g/mol. The Morgan fingerprint density at radius 2 is 2.42 bits per heavy atom. The number of hydrogen-bond acceptors (Lipinski definition) is 2. The van der Waals surface area contributed by atoms with Crippen molar-refractivity contribution in [2.45, 2.75) is 12.5 Å². The molecule has 0 aliphatic carbocycles. The summed E-state index contributed by atoms with van der Waals surface area (Å²) in [7, 11) is 1.86. The van der Waals surface area contributed by atoms with Crippen LogP contribution in [0, 0.1) is 0 Å². The van der Waals surface area contributed by atoms with Crippen molar-refractivity contribution in [3.8, 4) is 0 Å². The quantitative estimate of drug-likeness (QED) is 0.858. The third-order valence-electron chi connectivity index (χ3n) is 1.49. The van der Waals surface area contributed by atoms with Gasteiger partial charge in [0.25, 0.3) is 0 Å². The van der Waals surface area contributed by atoms with Crippen LogP contribution in [0.25, 0.3) is 0 Å². The van der Waals surface area contributed by atoms with E-state index >= 15 is 0 Å². The van der Waals surface area contributed by atoms with E-state index in [-0.39, 0.29) is 6.10 Å². The van der Waals surface area contributed by atoms with Crippen molar-refractivity contribution in [1.82, 2.24) is 9.78 Å².